The smallest absolute Gasteiger partial charge is 0.339 e. The number of hydrogen-bond donors (Lipinski definition) is 3. The van der Waals surface area contributed by atoms with Crippen molar-refractivity contribution in [2.24, 2.45) is 5.92 Å². The first-order valence-corrected chi connectivity index (χ1v) is 9.10. The van der Waals surface area contributed by atoms with E-state index in [1.54, 1.807) is 18.2 Å². The molecule has 1 amide bonds. The molecular weight excluding hydrogens is 410 g/mol. The molecule has 4 rings (SSSR count). The third-order valence-electron chi connectivity index (χ3n) is 4.51. The number of carbonyl (C=O) groups is 4. The zero-order valence-corrected chi connectivity index (χ0v) is 15.9. The van der Waals surface area contributed by atoms with E-state index in [4.69, 9.17) is 17.0 Å². The number of fused-ring (bicyclic) bond motifs is 1. The predicted molar refractivity (Wildman–Crippen MR) is 104 cm³/mol. The summed E-state index contributed by atoms with van der Waals surface area (Å²) in [5.74, 6) is -5.23. The molecule has 0 aliphatic carbocycles. The normalized spacial score (nSPS) is 15.7. The van der Waals surface area contributed by atoms with Crippen LogP contribution in [0.1, 0.15) is 32.4 Å². The van der Waals surface area contributed by atoms with E-state index in [2.05, 4.69) is 25.5 Å². The standard InChI is InChI=1S/C19H13N5O5S/c25-13(9-5-7-20-8-6-9)12(14(26)16(27)21-18-22-19(30)24-23-18)15-10-3-1-2-4-11(10)17(28)29-15/h1-8,12,15H,(H3,21,22,23,24,27,30)/t12-,15-/m1/s1. The maximum atomic E-state index is 13.2. The average molecular weight is 423 g/mol. The van der Waals surface area contributed by atoms with Crippen molar-refractivity contribution in [2.75, 3.05) is 5.32 Å². The molecule has 0 radical (unpaired) electrons. The van der Waals surface area contributed by atoms with Gasteiger partial charge in [0.25, 0.3) is 5.91 Å². The van der Waals surface area contributed by atoms with Crippen LogP contribution in [0.2, 0.25) is 0 Å². The highest BCUT2D eigenvalue weighted by atomic mass is 32.1. The summed E-state index contributed by atoms with van der Waals surface area (Å²) in [7, 11) is 0. The lowest BCUT2D eigenvalue weighted by Crippen LogP contribution is -2.38. The molecule has 0 unspecified atom stereocenters. The number of nitrogens with one attached hydrogen (secondary N) is 3. The molecule has 3 heterocycles. The van der Waals surface area contributed by atoms with Gasteiger partial charge in [0, 0.05) is 23.5 Å². The van der Waals surface area contributed by atoms with Gasteiger partial charge in [-0.15, -0.1) is 0 Å². The number of hydrogen-bond acceptors (Lipinski definition) is 8. The average Bonchev–Trinajstić information content (AvgIpc) is 3.32. The first kappa shape index (κ1) is 19.3. The minimum absolute atomic E-state index is 0.0702. The number of aromatic nitrogens is 4. The van der Waals surface area contributed by atoms with Crippen LogP contribution in [0.15, 0.2) is 48.8 Å². The van der Waals surface area contributed by atoms with Gasteiger partial charge < -0.3 is 4.74 Å². The van der Waals surface area contributed by atoms with Crippen LogP contribution in [0, 0.1) is 10.7 Å². The van der Waals surface area contributed by atoms with Crippen molar-refractivity contribution < 1.29 is 23.9 Å². The number of esters is 1. The Morgan fingerprint density at radius 1 is 1.10 bits per heavy atom. The van der Waals surface area contributed by atoms with Crippen LogP contribution in [0.4, 0.5) is 5.95 Å². The number of amides is 1. The van der Waals surface area contributed by atoms with Gasteiger partial charge in [0.2, 0.25) is 16.5 Å². The van der Waals surface area contributed by atoms with Crippen LogP contribution >= 0.6 is 12.2 Å². The Labute approximate surface area is 173 Å². The Hall–Kier alpha value is -3.99. The van der Waals surface area contributed by atoms with E-state index in [1.165, 1.54) is 30.6 Å². The molecule has 0 bridgehead atoms. The van der Waals surface area contributed by atoms with E-state index in [9.17, 15) is 19.2 Å². The summed E-state index contributed by atoms with van der Waals surface area (Å²) in [6.45, 7) is 0. The van der Waals surface area contributed by atoms with Gasteiger partial charge in [0.15, 0.2) is 5.78 Å². The molecule has 1 aliphatic heterocycles. The lowest BCUT2D eigenvalue weighted by atomic mass is 9.85. The quantitative estimate of drug-likeness (QED) is 0.179. The summed E-state index contributed by atoms with van der Waals surface area (Å²) in [4.78, 5) is 58.7. The zero-order chi connectivity index (χ0) is 21.3. The number of pyridine rings is 1. The number of Topliss-reactive ketones (excluding diaryl/α,β-unsaturated/α-hetero) is 2. The maximum absolute atomic E-state index is 13.2. The number of anilines is 1. The highest BCUT2D eigenvalue weighted by Gasteiger charge is 2.46. The number of nitrogens with zero attached hydrogens (tertiary/aromatic N) is 2. The molecule has 2 atom stereocenters. The third-order valence-corrected chi connectivity index (χ3v) is 4.70. The molecule has 1 aliphatic rings. The van der Waals surface area contributed by atoms with E-state index < -0.39 is 35.5 Å². The Morgan fingerprint density at radius 2 is 1.83 bits per heavy atom. The fraction of sp³-hybridized carbons (Fsp3) is 0.105. The SMILES string of the molecule is O=C(Nc1nc(=S)[nH][nH]1)C(=O)[C@@H](C(=O)c1ccncc1)[C@@H]1OC(=O)c2ccccc21. The Kier molecular flexibility index (Phi) is 5.02. The van der Waals surface area contributed by atoms with Crippen molar-refractivity contribution >= 4 is 41.6 Å². The topological polar surface area (TPSA) is 147 Å². The van der Waals surface area contributed by atoms with Crippen molar-refractivity contribution in [1.82, 2.24) is 20.2 Å². The monoisotopic (exact) mass is 423 g/mol. The van der Waals surface area contributed by atoms with Crippen molar-refractivity contribution in [3.63, 3.8) is 0 Å². The molecule has 150 valence electrons. The molecule has 30 heavy (non-hydrogen) atoms. The van der Waals surface area contributed by atoms with Gasteiger partial charge in [0.1, 0.15) is 12.0 Å². The highest BCUT2D eigenvalue weighted by Crippen LogP contribution is 2.38. The number of ketones is 2. The van der Waals surface area contributed by atoms with E-state index in [-0.39, 0.29) is 21.8 Å². The van der Waals surface area contributed by atoms with Crippen molar-refractivity contribution in [1.29, 1.82) is 0 Å². The van der Waals surface area contributed by atoms with Gasteiger partial charge >= 0.3 is 5.97 Å². The Morgan fingerprint density at radius 3 is 2.53 bits per heavy atom. The lowest BCUT2D eigenvalue weighted by Gasteiger charge is -2.20. The molecule has 0 saturated carbocycles. The van der Waals surface area contributed by atoms with Gasteiger partial charge in [-0.05, 0) is 30.4 Å². The molecule has 10 nitrogen and oxygen atoms in total. The van der Waals surface area contributed by atoms with Crippen LogP contribution in [0.5, 0.6) is 0 Å². The number of H-pyrrole nitrogens is 2. The Bertz CT molecular complexity index is 1220. The van der Waals surface area contributed by atoms with Gasteiger partial charge in [-0.1, -0.05) is 18.2 Å². The summed E-state index contributed by atoms with van der Waals surface area (Å²) >= 11 is 4.80. The number of benzene rings is 1. The number of aromatic amines is 2. The van der Waals surface area contributed by atoms with Gasteiger partial charge in [-0.3, -0.25) is 34.9 Å². The predicted octanol–water partition coefficient (Wildman–Crippen LogP) is 1.78. The van der Waals surface area contributed by atoms with E-state index in [0.29, 0.717) is 5.56 Å². The van der Waals surface area contributed by atoms with Crippen molar-refractivity contribution in [2.45, 2.75) is 6.10 Å². The molecule has 1 aromatic carbocycles. The largest absolute Gasteiger partial charge is 0.453 e. The molecule has 0 saturated heterocycles. The van der Waals surface area contributed by atoms with E-state index in [0.717, 1.165) is 0 Å². The molecule has 3 aromatic rings. The zero-order valence-electron chi connectivity index (χ0n) is 15.1. The van der Waals surface area contributed by atoms with Crippen LogP contribution < -0.4 is 5.32 Å². The van der Waals surface area contributed by atoms with Crippen LogP contribution in [-0.4, -0.2) is 43.6 Å². The number of ether oxygens (including phenoxy) is 1. The minimum Gasteiger partial charge on any atom is -0.453 e. The summed E-state index contributed by atoms with van der Waals surface area (Å²) in [5.41, 5.74) is 0.741. The second-order valence-corrected chi connectivity index (χ2v) is 6.71. The second kappa shape index (κ2) is 7.79. The fourth-order valence-electron chi connectivity index (χ4n) is 3.15. The van der Waals surface area contributed by atoms with Crippen molar-refractivity contribution in [3.8, 4) is 0 Å². The Balaban J connectivity index is 1.72. The fourth-order valence-corrected chi connectivity index (χ4v) is 3.29. The van der Waals surface area contributed by atoms with Crippen LogP contribution in [-0.2, 0) is 14.3 Å². The number of cyclic esters (lactones) is 1. The van der Waals surface area contributed by atoms with E-state index >= 15 is 0 Å². The van der Waals surface area contributed by atoms with Crippen LogP contribution in [0.25, 0.3) is 0 Å². The molecule has 0 fully saturated rings. The molecule has 2 aromatic heterocycles. The molecule has 3 N–H and O–H groups in total. The summed E-state index contributed by atoms with van der Waals surface area (Å²) in [6.07, 6.45) is 1.52. The number of carbonyl (C=O) groups excluding carboxylic acids is 4. The third kappa shape index (κ3) is 3.53. The van der Waals surface area contributed by atoms with Gasteiger partial charge in [-0.25, -0.2) is 4.79 Å². The van der Waals surface area contributed by atoms with E-state index in [1.807, 2.05) is 0 Å². The van der Waals surface area contributed by atoms with Crippen molar-refractivity contribution in [3.05, 3.63) is 70.3 Å². The lowest BCUT2D eigenvalue weighted by molar-refractivity contribution is -0.138. The maximum Gasteiger partial charge on any atom is 0.339 e. The van der Waals surface area contributed by atoms with Crippen LogP contribution in [0.3, 0.4) is 0 Å². The highest BCUT2D eigenvalue weighted by molar-refractivity contribution is 7.71. The van der Waals surface area contributed by atoms with Gasteiger partial charge in [0.05, 0.1) is 5.56 Å². The summed E-state index contributed by atoms with van der Waals surface area (Å²) < 4.78 is 5.41. The number of rotatable bonds is 6. The summed E-state index contributed by atoms with van der Waals surface area (Å²) in [5, 5.41) is 7.20. The minimum atomic E-state index is -1.60. The molecule has 0 spiro atoms. The molecule has 11 heteroatoms. The first-order chi connectivity index (χ1) is 14.5. The van der Waals surface area contributed by atoms with Gasteiger partial charge in [-0.2, -0.15) is 4.98 Å². The first-order valence-electron chi connectivity index (χ1n) is 8.69. The summed E-state index contributed by atoms with van der Waals surface area (Å²) in [6, 6.07) is 9.21. The second-order valence-electron chi connectivity index (χ2n) is 6.32. The molecular formula is C19H13N5O5S.